The molecule has 0 aliphatic rings. The second-order valence-corrected chi connectivity index (χ2v) is 4.55. The highest BCUT2D eigenvalue weighted by molar-refractivity contribution is 9.10. The first-order chi connectivity index (χ1) is 8.65. The van der Waals surface area contributed by atoms with Gasteiger partial charge in [0.25, 0.3) is 0 Å². The van der Waals surface area contributed by atoms with Crippen LogP contribution in [0.1, 0.15) is 12.6 Å². The summed E-state index contributed by atoms with van der Waals surface area (Å²) in [5.41, 5.74) is 1.41. The zero-order valence-corrected chi connectivity index (χ0v) is 12.2. The molecule has 2 aromatic heterocycles. The molecule has 0 saturated carbocycles. The van der Waals surface area contributed by atoms with Gasteiger partial charge in [-0.05, 0) is 22.4 Å². The van der Waals surface area contributed by atoms with Crippen LogP contribution in [-0.2, 0) is 6.42 Å². The number of methoxy groups -OCH3 is 1. The van der Waals surface area contributed by atoms with Crippen molar-refractivity contribution in [1.82, 2.24) is 19.9 Å². The number of hydrogen-bond acceptors (Lipinski definition) is 5. The number of halogens is 2. The molecule has 18 heavy (non-hydrogen) atoms. The van der Waals surface area contributed by atoms with Gasteiger partial charge in [0.2, 0.25) is 5.88 Å². The Morgan fingerprint density at radius 2 is 2.11 bits per heavy atom. The lowest BCUT2D eigenvalue weighted by Gasteiger charge is -2.06. The standard InChI is InChI=1S/C11H10BrClN4O/c1-3-6-9(12)10(13)17-11(16-6)7-4-8(18-2)15-5-14-7/h4-5H,3H2,1-2H3. The van der Waals surface area contributed by atoms with Crippen LogP contribution in [0.25, 0.3) is 11.5 Å². The van der Waals surface area contributed by atoms with Crippen LogP contribution >= 0.6 is 27.5 Å². The molecule has 0 atom stereocenters. The summed E-state index contributed by atoms with van der Waals surface area (Å²) in [6, 6.07) is 1.67. The van der Waals surface area contributed by atoms with Crippen molar-refractivity contribution in [2.75, 3.05) is 7.11 Å². The van der Waals surface area contributed by atoms with E-state index in [9.17, 15) is 0 Å². The summed E-state index contributed by atoms with van der Waals surface area (Å²) in [6.45, 7) is 1.99. The summed E-state index contributed by atoms with van der Waals surface area (Å²) in [4.78, 5) is 16.6. The zero-order valence-electron chi connectivity index (χ0n) is 9.81. The Hall–Kier alpha value is -1.27. The minimum atomic E-state index is 0.370. The molecule has 0 radical (unpaired) electrons. The third-order valence-corrected chi connectivity index (χ3v) is 3.63. The largest absolute Gasteiger partial charge is 0.481 e. The molecule has 0 unspecified atom stereocenters. The van der Waals surface area contributed by atoms with Crippen molar-refractivity contribution in [3.63, 3.8) is 0 Å². The molecule has 2 rings (SSSR count). The normalized spacial score (nSPS) is 10.4. The van der Waals surface area contributed by atoms with Crippen molar-refractivity contribution in [2.45, 2.75) is 13.3 Å². The van der Waals surface area contributed by atoms with Gasteiger partial charge in [-0.2, -0.15) is 0 Å². The van der Waals surface area contributed by atoms with Crippen molar-refractivity contribution in [3.8, 4) is 17.4 Å². The molecule has 7 heteroatoms. The Morgan fingerprint density at radius 1 is 1.33 bits per heavy atom. The van der Waals surface area contributed by atoms with Crippen molar-refractivity contribution in [2.24, 2.45) is 0 Å². The van der Waals surface area contributed by atoms with E-state index in [1.807, 2.05) is 6.92 Å². The molecule has 0 aromatic carbocycles. The van der Waals surface area contributed by atoms with Crippen LogP contribution in [0, 0.1) is 0 Å². The monoisotopic (exact) mass is 328 g/mol. The highest BCUT2D eigenvalue weighted by Crippen LogP contribution is 2.27. The highest BCUT2D eigenvalue weighted by atomic mass is 79.9. The fraction of sp³-hybridized carbons (Fsp3) is 0.273. The summed E-state index contributed by atoms with van der Waals surface area (Å²) in [5.74, 6) is 0.918. The SMILES string of the molecule is CCc1nc(-c2cc(OC)ncn2)nc(Cl)c1Br. The molecule has 0 aliphatic heterocycles. The lowest BCUT2D eigenvalue weighted by molar-refractivity contribution is 0.397. The lowest BCUT2D eigenvalue weighted by Crippen LogP contribution is -1.99. The lowest BCUT2D eigenvalue weighted by atomic mass is 10.3. The second kappa shape index (κ2) is 5.58. The highest BCUT2D eigenvalue weighted by Gasteiger charge is 2.12. The molecule has 0 spiro atoms. The van der Waals surface area contributed by atoms with Crippen LogP contribution in [0.15, 0.2) is 16.9 Å². The molecule has 2 heterocycles. The van der Waals surface area contributed by atoms with Crippen LogP contribution in [0.3, 0.4) is 0 Å². The first kappa shape index (κ1) is 13.2. The van der Waals surface area contributed by atoms with Gasteiger partial charge in [-0.15, -0.1) is 0 Å². The van der Waals surface area contributed by atoms with Gasteiger partial charge in [0, 0.05) is 6.07 Å². The summed E-state index contributed by atoms with van der Waals surface area (Å²) in [5, 5.41) is 0.370. The molecule has 0 bridgehead atoms. The minimum absolute atomic E-state index is 0.370. The molecule has 94 valence electrons. The van der Waals surface area contributed by atoms with Gasteiger partial charge in [0.1, 0.15) is 17.2 Å². The van der Waals surface area contributed by atoms with E-state index in [-0.39, 0.29) is 0 Å². The van der Waals surface area contributed by atoms with Crippen molar-refractivity contribution in [1.29, 1.82) is 0 Å². The molecule has 0 fully saturated rings. The van der Waals surface area contributed by atoms with Gasteiger partial charge >= 0.3 is 0 Å². The summed E-state index contributed by atoms with van der Waals surface area (Å²) < 4.78 is 5.76. The third kappa shape index (κ3) is 2.59. The summed E-state index contributed by atoms with van der Waals surface area (Å²) in [6.07, 6.45) is 2.15. The predicted molar refractivity (Wildman–Crippen MR) is 71.7 cm³/mol. The van der Waals surface area contributed by atoms with Gasteiger partial charge < -0.3 is 4.74 Å². The predicted octanol–water partition coefficient (Wildman–Crippen LogP) is 2.92. The first-order valence-electron chi connectivity index (χ1n) is 5.24. The van der Waals surface area contributed by atoms with Gasteiger partial charge in [-0.3, -0.25) is 0 Å². The van der Waals surface area contributed by atoms with Crippen LogP contribution in [0.5, 0.6) is 5.88 Å². The van der Waals surface area contributed by atoms with Crippen LogP contribution in [0.2, 0.25) is 5.15 Å². The first-order valence-corrected chi connectivity index (χ1v) is 6.41. The Balaban J connectivity index is 2.53. The number of nitrogens with zero attached hydrogens (tertiary/aromatic N) is 4. The van der Waals surface area contributed by atoms with Gasteiger partial charge in [-0.25, -0.2) is 19.9 Å². The van der Waals surface area contributed by atoms with Crippen molar-refractivity contribution >= 4 is 27.5 Å². The fourth-order valence-electron chi connectivity index (χ4n) is 1.39. The topological polar surface area (TPSA) is 60.8 Å². The summed E-state index contributed by atoms with van der Waals surface area (Å²) >= 11 is 9.41. The van der Waals surface area contributed by atoms with E-state index in [0.29, 0.717) is 22.6 Å². The smallest absolute Gasteiger partial charge is 0.216 e. The molecule has 2 aromatic rings. The maximum absolute atomic E-state index is 6.05. The Kier molecular flexibility index (Phi) is 4.08. The van der Waals surface area contributed by atoms with E-state index >= 15 is 0 Å². The Morgan fingerprint density at radius 3 is 2.78 bits per heavy atom. The maximum Gasteiger partial charge on any atom is 0.216 e. The molecular weight excluding hydrogens is 320 g/mol. The van der Waals surface area contributed by atoms with Crippen LogP contribution in [0.4, 0.5) is 0 Å². The number of rotatable bonds is 3. The van der Waals surface area contributed by atoms with Crippen LogP contribution in [-0.4, -0.2) is 27.0 Å². The molecule has 5 nitrogen and oxygen atoms in total. The van der Waals surface area contributed by atoms with E-state index in [1.165, 1.54) is 6.33 Å². The average Bonchev–Trinajstić information content (AvgIpc) is 2.41. The molecular formula is C11H10BrClN4O. The van der Waals surface area contributed by atoms with Gasteiger partial charge in [0.15, 0.2) is 5.82 Å². The number of aromatic nitrogens is 4. The number of ether oxygens (including phenoxy) is 1. The molecule has 0 amide bonds. The third-order valence-electron chi connectivity index (χ3n) is 2.29. The van der Waals surface area contributed by atoms with Crippen molar-refractivity contribution in [3.05, 3.63) is 27.7 Å². The maximum atomic E-state index is 6.05. The van der Waals surface area contributed by atoms with E-state index in [1.54, 1.807) is 13.2 Å². The Bertz CT molecular complexity index is 579. The van der Waals surface area contributed by atoms with E-state index in [0.717, 1.165) is 16.6 Å². The summed E-state index contributed by atoms with van der Waals surface area (Å²) in [7, 11) is 1.54. The molecule has 0 N–H and O–H groups in total. The fourth-order valence-corrected chi connectivity index (χ4v) is 2.03. The van der Waals surface area contributed by atoms with Gasteiger partial charge in [0.05, 0.1) is 17.3 Å². The second-order valence-electron chi connectivity index (χ2n) is 3.40. The van der Waals surface area contributed by atoms with E-state index in [4.69, 9.17) is 16.3 Å². The Labute approximate surface area is 118 Å². The quantitative estimate of drug-likeness (QED) is 0.810. The average molecular weight is 330 g/mol. The van der Waals surface area contributed by atoms with Crippen LogP contribution < -0.4 is 4.74 Å². The van der Waals surface area contributed by atoms with Crippen molar-refractivity contribution < 1.29 is 4.74 Å². The van der Waals surface area contributed by atoms with E-state index in [2.05, 4.69) is 35.9 Å². The zero-order chi connectivity index (χ0) is 13.1. The minimum Gasteiger partial charge on any atom is -0.481 e. The van der Waals surface area contributed by atoms with E-state index < -0.39 is 0 Å². The molecule has 0 saturated heterocycles. The molecule has 0 aliphatic carbocycles. The number of aryl methyl sites for hydroxylation is 1. The number of hydrogen-bond donors (Lipinski definition) is 0. The van der Waals surface area contributed by atoms with Gasteiger partial charge in [-0.1, -0.05) is 18.5 Å².